The maximum atomic E-state index is 12.8. The van der Waals surface area contributed by atoms with Crippen molar-refractivity contribution in [2.24, 2.45) is 0 Å². The summed E-state index contributed by atoms with van der Waals surface area (Å²) in [5.41, 5.74) is 2.17. The van der Waals surface area contributed by atoms with E-state index in [0.29, 0.717) is 43.3 Å². The molecule has 0 spiro atoms. The Morgan fingerprint density at radius 2 is 1.71 bits per heavy atom. The number of benzene rings is 2. The van der Waals surface area contributed by atoms with Crippen LogP contribution < -0.4 is 9.62 Å². The molecule has 1 N–H and O–H groups in total. The van der Waals surface area contributed by atoms with Gasteiger partial charge in [0.2, 0.25) is 5.91 Å². The summed E-state index contributed by atoms with van der Waals surface area (Å²) in [4.78, 5) is 16.0. The second-order valence-electron chi connectivity index (χ2n) is 6.80. The Kier molecular flexibility index (Phi) is 6.15. The molecule has 28 heavy (non-hydrogen) atoms. The van der Waals surface area contributed by atoms with E-state index in [4.69, 9.17) is 11.6 Å². The second-order valence-corrected chi connectivity index (χ2v) is 8.92. The summed E-state index contributed by atoms with van der Waals surface area (Å²) in [7, 11) is -3.74. The minimum Gasteiger partial charge on any atom is -0.366 e. The zero-order valence-corrected chi connectivity index (χ0v) is 17.6. The molecular weight excluding hydrogens is 398 g/mol. The molecule has 1 aliphatic rings. The SMILES string of the molecule is CCC(=O)N1CCN(c2ccc(Cl)cc2NS(=O)(=O)c2ccc(C)cc2)CC1. The average Bonchev–Trinajstić information content (AvgIpc) is 2.68. The molecule has 1 fully saturated rings. The highest BCUT2D eigenvalue weighted by atomic mass is 35.5. The van der Waals surface area contributed by atoms with Gasteiger partial charge < -0.3 is 9.80 Å². The first-order chi connectivity index (χ1) is 13.3. The van der Waals surface area contributed by atoms with Crippen LogP contribution in [0.2, 0.25) is 5.02 Å². The number of halogens is 1. The van der Waals surface area contributed by atoms with Crippen LogP contribution in [-0.2, 0) is 14.8 Å². The fraction of sp³-hybridized carbons (Fsp3) is 0.350. The largest absolute Gasteiger partial charge is 0.366 e. The van der Waals surface area contributed by atoms with E-state index in [0.717, 1.165) is 11.3 Å². The lowest BCUT2D eigenvalue weighted by Gasteiger charge is -2.37. The number of anilines is 2. The van der Waals surface area contributed by atoms with Crippen molar-refractivity contribution in [3.63, 3.8) is 0 Å². The van der Waals surface area contributed by atoms with Crippen molar-refractivity contribution >= 4 is 38.9 Å². The van der Waals surface area contributed by atoms with E-state index in [2.05, 4.69) is 9.62 Å². The van der Waals surface area contributed by atoms with Gasteiger partial charge in [0.1, 0.15) is 0 Å². The summed E-state index contributed by atoms with van der Waals surface area (Å²) in [5.74, 6) is 0.135. The predicted octanol–water partition coefficient (Wildman–Crippen LogP) is 3.51. The summed E-state index contributed by atoms with van der Waals surface area (Å²) in [6.45, 7) is 6.24. The van der Waals surface area contributed by atoms with Crippen LogP contribution in [-0.4, -0.2) is 45.4 Å². The van der Waals surface area contributed by atoms with Gasteiger partial charge in [0.25, 0.3) is 10.0 Å². The van der Waals surface area contributed by atoms with Crippen molar-refractivity contribution in [1.82, 2.24) is 4.90 Å². The zero-order chi connectivity index (χ0) is 20.3. The van der Waals surface area contributed by atoms with Crippen molar-refractivity contribution < 1.29 is 13.2 Å². The fourth-order valence-electron chi connectivity index (χ4n) is 3.21. The number of aryl methyl sites for hydroxylation is 1. The molecule has 6 nitrogen and oxygen atoms in total. The first-order valence-corrected chi connectivity index (χ1v) is 11.1. The van der Waals surface area contributed by atoms with Crippen LogP contribution in [0.3, 0.4) is 0 Å². The van der Waals surface area contributed by atoms with Gasteiger partial charge in [0, 0.05) is 37.6 Å². The Hall–Kier alpha value is -2.25. The van der Waals surface area contributed by atoms with Crippen LogP contribution in [0.15, 0.2) is 47.4 Å². The lowest BCUT2D eigenvalue weighted by Crippen LogP contribution is -2.48. The Balaban J connectivity index is 1.84. The van der Waals surface area contributed by atoms with Gasteiger partial charge in [-0.15, -0.1) is 0 Å². The molecule has 150 valence electrons. The lowest BCUT2D eigenvalue weighted by atomic mass is 10.2. The molecule has 1 heterocycles. The van der Waals surface area contributed by atoms with Gasteiger partial charge >= 0.3 is 0 Å². The molecule has 1 saturated heterocycles. The number of rotatable bonds is 5. The quantitative estimate of drug-likeness (QED) is 0.802. The number of hydrogen-bond donors (Lipinski definition) is 1. The molecule has 2 aromatic rings. The first kappa shape index (κ1) is 20.5. The summed E-state index contributed by atoms with van der Waals surface area (Å²) >= 11 is 6.13. The average molecular weight is 422 g/mol. The topological polar surface area (TPSA) is 69.7 Å². The highest BCUT2D eigenvalue weighted by Gasteiger charge is 2.23. The molecule has 1 amide bonds. The lowest BCUT2D eigenvalue weighted by molar-refractivity contribution is -0.131. The summed E-state index contributed by atoms with van der Waals surface area (Å²) < 4.78 is 28.3. The molecule has 0 unspecified atom stereocenters. The fourth-order valence-corrected chi connectivity index (χ4v) is 4.44. The van der Waals surface area contributed by atoms with Crippen molar-refractivity contribution in [3.05, 3.63) is 53.1 Å². The maximum absolute atomic E-state index is 12.8. The molecule has 0 radical (unpaired) electrons. The number of nitrogens with one attached hydrogen (secondary N) is 1. The van der Waals surface area contributed by atoms with E-state index < -0.39 is 10.0 Å². The number of amides is 1. The normalized spacial score (nSPS) is 14.8. The van der Waals surface area contributed by atoms with Gasteiger partial charge in [0.15, 0.2) is 0 Å². The van der Waals surface area contributed by atoms with E-state index in [1.165, 1.54) is 0 Å². The Morgan fingerprint density at radius 3 is 2.32 bits per heavy atom. The maximum Gasteiger partial charge on any atom is 0.261 e. The van der Waals surface area contributed by atoms with E-state index in [-0.39, 0.29) is 10.8 Å². The monoisotopic (exact) mass is 421 g/mol. The Bertz CT molecular complexity index is 953. The second kappa shape index (κ2) is 8.41. The number of carbonyl (C=O) groups excluding carboxylic acids is 1. The molecule has 8 heteroatoms. The smallest absolute Gasteiger partial charge is 0.261 e. The minimum atomic E-state index is -3.74. The van der Waals surface area contributed by atoms with Gasteiger partial charge in [-0.05, 0) is 37.3 Å². The number of carbonyl (C=O) groups is 1. The molecule has 0 aliphatic carbocycles. The minimum absolute atomic E-state index is 0.135. The van der Waals surface area contributed by atoms with Crippen LogP contribution >= 0.6 is 11.6 Å². The number of nitrogens with zero attached hydrogens (tertiary/aromatic N) is 2. The molecule has 1 aliphatic heterocycles. The third kappa shape index (κ3) is 4.59. The van der Waals surface area contributed by atoms with Gasteiger partial charge in [-0.2, -0.15) is 0 Å². The molecule has 2 aromatic carbocycles. The summed E-state index contributed by atoms with van der Waals surface area (Å²) in [6, 6.07) is 11.9. The van der Waals surface area contributed by atoms with E-state index in [1.807, 2.05) is 24.8 Å². The van der Waals surface area contributed by atoms with Crippen LogP contribution in [0, 0.1) is 6.92 Å². The van der Waals surface area contributed by atoms with Crippen molar-refractivity contribution in [3.8, 4) is 0 Å². The van der Waals surface area contributed by atoms with Crippen LogP contribution in [0.25, 0.3) is 0 Å². The predicted molar refractivity (Wildman–Crippen MR) is 113 cm³/mol. The Labute approximate surface area is 171 Å². The highest BCUT2D eigenvalue weighted by molar-refractivity contribution is 7.92. The molecule has 0 aromatic heterocycles. The van der Waals surface area contributed by atoms with Crippen molar-refractivity contribution in [1.29, 1.82) is 0 Å². The molecule has 0 saturated carbocycles. The standard InChI is InChI=1S/C20H24ClN3O3S/c1-3-20(25)24-12-10-23(11-13-24)19-9-6-16(21)14-18(19)22-28(26,27)17-7-4-15(2)5-8-17/h4-9,14,22H,3,10-13H2,1-2H3. The summed E-state index contributed by atoms with van der Waals surface area (Å²) in [6.07, 6.45) is 0.489. The third-order valence-corrected chi connectivity index (χ3v) is 6.43. The molecule has 0 atom stereocenters. The summed E-state index contributed by atoms with van der Waals surface area (Å²) in [5, 5.41) is 0.449. The zero-order valence-electron chi connectivity index (χ0n) is 16.0. The third-order valence-electron chi connectivity index (χ3n) is 4.81. The van der Waals surface area contributed by atoms with Crippen LogP contribution in [0.1, 0.15) is 18.9 Å². The molecular formula is C20H24ClN3O3S. The highest BCUT2D eigenvalue weighted by Crippen LogP contribution is 2.32. The molecule has 0 bridgehead atoms. The van der Waals surface area contributed by atoms with Crippen LogP contribution in [0.4, 0.5) is 11.4 Å². The number of sulfonamides is 1. The number of hydrogen-bond acceptors (Lipinski definition) is 4. The first-order valence-electron chi connectivity index (χ1n) is 9.22. The van der Waals surface area contributed by atoms with E-state index in [1.54, 1.807) is 36.4 Å². The van der Waals surface area contributed by atoms with Gasteiger partial charge in [0.05, 0.1) is 16.3 Å². The van der Waals surface area contributed by atoms with E-state index in [9.17, 15) is 13.2 Å². The molecule has 3 rings (SSSR count). The van der Waals surface area contributed by atoms with E-state index >= 15 is 0 Å². The van der Waals surface area contributed by atoms with Crippen LogP contribution in [0.5, 0.6) is 0 Å². The Morgan fingerprint density at radius 1 is 1.07 bits per heavy atom. The van der Waals surface area contributed by atoms with Gasteiger partial charge in [-0.3, -0.25) is 9.52 Å². The van der Waals surface area contributed by atoms with Gasteiger partial charge in [-0.25, -0.2) is 8.42 Å². The number of piperazine rings is 1. The van der Waals surface area contributed by atoms with Gasteiger partial charge in [-0.1, -0.05) is 36.2 Å². The van der Waals surface area contributed by atoms with Crippen molar-refractivity contribution in [2.75, 3.05) is 35.8 Å². The van der Waals surface area contributed by atoms with Crippen molar-refractivity contribution in [2.45, 2.75) is 25.2 Å².